The first-order chi connectivity index (χ1) is 10.2. The first-order valence-corrected chi connectivity index (χ1v) is 7.78. The van der Waals surface area contributed by atoms with Crippen molar-refractivity contribution in [3.8, 4) is 5.75 Å². The quantitative estimate of drug-likeness (QED) is 0.721. The molecule has 0 amide bonds. The first-order valence-electron chi connectivity index (χ1n) is 7.78. The fourth-order valence-corrected chi connectivity index (χ4v) is 2.73. The highest BCUT2D eigenvalue weighted by Crippen LogP contribution is 2.21. The van der Waals surface area contributed by atoms with Gasteiger partial charge in [0.05, 0.1) is 13.7 Å². The van der Waals surface area contributed by atoms with Crippen molar-refractivity contribution in [2.24, 2.45) is 5.73 Å². The van der Waals surface area contributed by atoms with Gasteiger partial charge in [-0.15, -0.1) is 0 Å². The summed E-state index contributed by atoms with van der Waals surface area (Å²) in [5.74, 6) is 0.868. The van der Waals surface area contributed by atoms with Crippen LogP contribution in [-0.2, 0) is 17.8 Å². The van der Waals surface area contributed by atoms with Crippen molar-refractivity contribution >= 4 is 0 Å². The number of benzene rings is 1. The summed E-state index contributed by atoms with van der Waals surface area (Å²) in [6, 6.07) is 6.88. The molecule has 0 saturated heterocycles. The average molecular weight is 294 g/mol. The molecule has 1 rings (SSSR count). The van der Waals surface area contributed by atoms with Gasteiger partial charge in [0.15, 0.2) is 0 Å². The molecule has 0 atom stereocenters. The molecular formula is C17H30N2O2. The number of ether oxygens (including phenoxy) is 2. The monoisotopic (exact) mass is 294 g/mol. The van der Waals surface area contributed by atoms with E-state index in [0.717, 1.165) is 43.9 Å². The molecule has 4 nitrogen and oxygen atoms in total. The van der Waals surface area contributed by atoms with Gasteiger partial charge in [0, 0.05) is 38.3 Å². The van der Waals surface area contributed by atoms with Crippen LogP contribution in [0.5, 0.6) is 5.75 Å². The Kier molecular flexibility index (Phi) is 8.35. The minimum absolute atomic E-state index is 0.500. The van der Waals surface area contributed by atoms with Crippen molar-refractivity contribution in [3.63, 3.8) is 0 Å². The lowest BCUT2D eigenvalue weighted by atomic mass is 10.1. The van der Waals surface area contributed by atoms with E-state index in [-0.39, 0.29) is 0 Å². The maximum absolute atomic E-state index is 5.80. The number of hydrogen-bond donors (Lipinski definition) is 1. The van der Waals surface area contributed by atoms with Crippen molar-refractivity contribution in [1.29, 1.82) is 0 Å². The Morgan fingerprint density at radius 3 is 2.43 bits per heavy atom. The summed E-state index contributed by atoms with van der Waals surface area (Å²) in [5.41, 5.74) is 8.14. The second-order valence-corrected chi connectivity index (χ2v) is 5.28. The molecule has 21 heavy (non-hydrogen) atoms. The van der Waals surface area contributed by atoms with Gasteiger partial charge in [-0.2, -0.15) is 0 Å². The summed E-state index contributed by atoms with van der Waals surface area (Å²) >= 11 is 0. The van der Waals surface area contributed by atoms with Crippen LogP contribution in [0.15, 0.2) is 18.2 Å². The Morgan fingerprint density at radius 1 is 1.19 bits per heavy atom. The fraction of sp³-hybridized carbons (Fsp3) is 0.647. The van der Waals surface area contributed by atoms with Crippen LogP contribution >= 0.6 is 0 Å². The van der Waals surface area contributed by atoms with Gasteiger partial charge in [-0.1, -0.05) is 19.9 Å². The van der Waals surface area contributed by atoms with Crippen LogP contribution in [0.1, 0.15) is 37.8 Å². The van der Waals surface area contributed by atoms with E-state index in [9.17, 15) is 0 Å². The van der Waals surface area contributed by atoms with Gasteiger partial charge in [-0.3, -0.25) is 4.90 Å². The van der Waals surface area contributed by atoms with Crippen molar-refractivity contribution in [2.45, 2.75) is 45.8 Å². The normalized spacial score (nSPS) is 11.4. The minimum Gasteiger partial charge on any atom is -0.496 e. The molecule has 4 heteroatoms. The van der Waals surface area contributed by atoms with E-state index < -0.39 is 0 Å². The van der Waals surface area contributed by atoms with Crippen LogP contribution in [0.25, 0.3) is 0 Å². The molecule has 0 aliphatic rings. The van der Waals surface area contributed by atoms with E-state index in [1.807, 2.05) is 6.07 Å². The standard InChI is InChI=1S/C17H30N2O2/c1-5-16(6-2)19(9-10-20-3)13-14-7-8-17(21-4)15(11-14)12-18/h7-8,11,16H,5-6,9-10,12-13,18H2,1-4H3. The number of rotatable bonds is 10. The Hall–Kier alpha value is -1.10. The van der Waals surface area contributed by atoms with Gasteiger partial charge >= 0.3 is 0 Å². The van der Waals surface area contributed by atoms with Crippen LogP contribution in [0.4, 0.5) is 0 Å². The molecule has 0 aromatic heterocycles. The maximum Gasteiger partial charge on any atom is 0.123 e. The smallest absolute Gasteiger partial charge is 0.123 e. The molecule has 0 aliphatic carbocycles. The Morgan fingerprint density at radius 2 is 1.90 bits per heavy atom. The lowest BCUT2D eigenvalue weighted by Crippen LogP contribution is -2.36. The SMILES string of the molecule is CCC(CC)N(CCOC)Cc1ccc(OC)c(CN)c1. The highest BCUT2D eigenvalue weighted by atomic mass is 16.5. The van der Waals surface area contributed by atoms with E-state index in [1.165, 1.54) is 5.56 Å². The molecule has 0 spiro atoms. The molecule has 2 N–H and O–H groups in total. The Balaban J connectivity index is 2.86. The molecule has 1 aromatic rings. The summed E-state index contributed by atoms with van der Waals surface area (Å²) < 4.78 is 10.6. The minimum atomic E-state index is 0.500. The summed E-state index contributed by atoms with van der Waals surface area (Å²) in [6.45, 7) is 7.62. The van der Waals surface area contributed by atoms with Gasteiger partial charge in [-0.05, 0) is 30.5 Å². The Bertz CT molecular complexity index is 406. The van der Waals surface area contributed by atoms with Crippen LogP contribution in [-0.4, -0.2) is 38.3 Å². The second-order valence-electron chi connectivity index (χ2n) is 5.28. The van der Waals surface area contributed by atoms with Crippen molar-refractivity contribution in [1.82, 2.24) is 4.90 Å². The lowest BCUT2D eigenvalue weighted by molar-refractivity contribution is 0.110. The number of methoxy groups -OCH3 is 2. The molecule has 0 heterocycles. The maximum atomic E-state index is 5.80. The molecule has 0 unspecified atom stereocenters. The largest absolute Gasteiger partial charge is 0.496 e. The van der Waals surface area contributed by atoms with E-state index in [0.29, 0.717) is 12.6 Å². The molecule has 0 aliphatic heterocycles. The zero-order chi connectivity index (χ0) is 15.7. The van der Waals surface area contributed by atoms with E-state index >= 15 is 0 Å². The van der Waals surface area contributed by atoms with Crippen LogP contribution in [0, 0.1) is 0 Å². The average Bonchev–Trinajstić information content (AvgIpc) is 2.53. The van der Waals surface area contributed by atoms with Gasteiger partial charge in [0.1, 0.15) is 5.75 Å². The summed E-state index contributed by atoms with van der Waals surface area (Å²) in [5, 5.41) is 0. The molecule has 0 bridgehead atoms. The summed E-state index contributed by atoms with van der Waals surface area (Å²) in [6.07, 6.45) is 2.31. The van der Waals surface area contributed by atoms with E-state index in [4.69, 9.17) is 15.2 Å². The lowest BCUT2D eigenvalue weighted by Gasteiger charge is -2.30. The molecule has 0 fully saturated rings. The van der Waals surface area contributed by atoms with E-state index in [2.05, 4.69) is 30.9 Å². The van der Waals surface area contributed by atoms with Gasteiger partial charge in [0.25, 0.3) is 0 Å². The predicted octanol–water partition coefficient (Wildman–Crippen LogP) is 2.79. The summed E-state index contributed by atoms with van der Waals surface area (Å²) in [4.78, 5) is 2.49. The number of nitrogens with zero attached hydrogens (tertiary/aromatic N) is 1. The fourth-order valence-electron chi connectivity index (χ4n) is 2.73. The van der Waals surface area contributed by atoms with Crippen molar-refractivity contribution in [2.75, 3.05) is 27.4 Å². The highest BCUT2D eigenvalue weighted by molar-refractivity contribution is 5.37. The van der Waals surface area contributed by atoms with Gasteiger partial charge < -0.3 is 15.2 Å². The van der Waals surface area contributed by atoms with Gasteiger partial charge in [0.2, 0.25) is 0 Å². The first kappa shape index (κ1) is 18.0. The number of hydrogen-bond acceptors (Lipinski definition) is 4. The van der Waals surface area contributed by atoms with Gasteiger partial charge in [-0.25, -0.2) is 0 Å². The zero-order valence-electron chi connectivity index (χ0n) is 13.9. The molecule has 0 radical (unpaired) electrons. The van der Waals surface area contributed by atoms with Crippen LogP contribution in [0.2, 0.25) is 0 Å². The highest BCUT2D eigenvalue weighted by Gasteiger charge is 2.15. The third-order valence-electron chi connectivity index (χ3n) is 3.99. The predicted molar refractivity (Wildman–Crippen MR) is 87.5 cm³/mol. The number of nitrogens with two attached hydrogens (primary N) is 1. The molecule has 120 valence electrons. The van der Waals surface area contributed by atoms with Crippen molar-refractivity contribution in [3.05, 3.63) is 29.3 Å². The topological polar surface area (TPSA) is 47.7 Å². The second kappa shape index (κ2) is 9.77. The zero-order valence-corrected chi connectivity index (χ0v) is 13.9. The molecular weight excluding hydrogens is 264 g/mol. The molecule has 1 aromatic carbocycles. The third-order valence-corrected chi connectivity index (χ3v) is 3.99. The third kappa shape index (κ3) is 5.30. The van der Waals surface area contributed by atoms with Crippen molar-refractivity contribution < 1.29 is 9.47 Å². The van der Waals surface area contributed by atoms with Crippen LogP contribution < -0.4 is 10.5 Å². The molecule has 0 saturated carbocycles. The summed E-state index contributed by atoms with van der Waals surface area (Å²) in [7, 11) is 3.44. The van der Waals surface area contributed by atoms with E-state index in [1.54, 1.807) is 14.2 Å². The van der Waals surface area contributed by atoms with Crippen LogP contribution in [0.3, 0.4) is 0 Å². The Labute approximate surface area is 129 Å².